The largest absolute Gasteiger partial charge is 0.493 e. The molecule has 1 aliphatic rings. The zero-order valence-corrected chi connectivity index (χ0v) is 17.5. The summed E-state index contributed by atoms with van der Waals surface area (Å²) in [5.74, 6) is -0.0180. The molecule has 0 bridgehead atoms. The molecule has 2 aromatic rings. The number of halogens is 4. The summed E-state index contributed by atoms with van der Waals surface area (Å²) in [5, 5.41) is 0.723. The van der Waals surface area contributed by atoms with E-state index in [1.54, 1.807) is 35.2 Å². The van der Waals surface area contributed by atoms with Crippen LogP contribution >= 0.6 is 23.2 Å². The van der Waals surface area contributed by atoms with E-state index in [2.05, 4.69) is 0 Å². The van der Waals surface area contributed by atoms with Crippen LogP contribution in [0.5, 0.6) is 5.75 Å². The van der Waals surface area contributed by atoms with Crippen LogP contribution in [0.4, 0.5) is 8.78 Å². The number of ether oxygens (including phenoxy) is 1. The molecule has 0 aromatic heterocycles. The zero-order valence-electron chi connectivity index (χ0n) is 16.0. The van der Waals surface area contributed by atoms with Gasteiger partial charge in [0, 0.05) is 24.7 Å². The van der Waals surface area contributed by atoms with Crippen molar-refractivity contribution < 1.29 is 18.3 Å². The van der Waals surface area contributed by atoms with E-state index in [4.69, 9.17) is 27.9 Å². The fourth-order valence-electron chi connectivity index (χ4n) is 3.46. The number of hydrogen-bond donors (Lipinski definition) is 0. The summed E-state index contributed by atoms with van der Waals surface area (Å²) in [6.45, 7) is 1.16. The molecular weight excluding hydrogens is 419 g/mol. The lowest BCUT2D eigenvalue weighted by molar-refractivity contribution is 0.0382. The highest BCUT2D eigenvalue weighted by atomic mass is 35.5. The maximum Gasteiger partial charge on any atom is 0.253 e. The fourth-order valence-corrected chi connectivity index (χ4v) is 3.76. The molecule has 0 N–H and O–H groups in total. The molecule has 1 aliphatic heterocycles. The van der Waals surface area contributed by atoms with Gasteiger partial charge in [0.1, 0.15) is 17.2 Å². The highest BCUT2D eigenvalue weighted by Crippen LogP contribution is 2.33. The van der Waals surface area contributed by atoms with Gasteiger partial charge in [0.25, 0.3) is 5.91 Å². The lowest BCUT2D eigenvalue weighted by Crippen LogP contribution is -2.44. The van der Waals surface area contributed by atoms with Crippen LogP contribution in [0.2, 0.25) is 10.0 Å². The Labute approximate surface area is 179 Å². The second kappa shape index (κ2) is 9.77. The number of amides is 1. The molecule has 0 saturated carbocycles. The van der Waals surface area contributed by atoms with E-state index in [1.807, 2.05) is 0 Å². The summed E-state index contributed by atoms with van der Waals surface area (Å²) >= 11 is 11.9. The summed E-state index contributed by atoms with van der Waals surface area (Å²) < 4.78 is 33.7. The van der Waals surface area contributed by atoms with E-state index in [-0.39, 0.29) is 11.7 Å². The minimum Gasteiger partial charge on any atom is -0.493 e. The smallest absolute Gasteiger partial charge is 0.253 e. The standard InChI is InChI=1S/C22H23Cl2F2NO2/c23-19-7-6-16(14-20(19)24)21(28)27-11-9-22(26,10-12-27)8-1-2-13-29-18-5-3-4-17(25)15-18/h3-7,14-15H,1-2,8-13H2. The molecule has 29 heavy (non-hydrogen) atoms. The number of piperidine rings is 1. The van der Waals surface area contributed by atoms with Crippen molar-refractivity contribution in [1.82, 2.24) is 4.90 Å². The second-order valence-corrected chi connectivity index (χ2v) is 8.15. The first-order valence-electron chi connectivity index (χ1n) is 9.68. The molecule has 2 aromatic carbocycles. The Balaban J connectivity index is 1.40. The molecule has 0 aliphatic carbocycles. The average molecular weight is 442 g/mol. The van der Waals surface area contributed by atoms with Crippen LogP contribution in [-0.2, 0) is 0 Å². The van der Waals surface area contributed by atoms with E-state index in [0.717, 1.165) is 0 Å². The van der Waals surface area contributed by atoms with E-state index < -0.39 is 5.67 Å². The lowest BCUT2D eigenvalue weighted by Gasteiger charge is -2.36. The third-order valence-corrected chi connectivity index (χ3v) is 5.94. The highest BCUT2D eigenvalue weighted by molar-refractivity contribution is 6.42. The van der Waals surface area contributed by atoms with Crippen molar-refractivity contribution in [1.29, 1.82) is 0 Å². The second-order valence-electron chi connectivity index (χ2n) is 7.33. The molecule has 1 amide bonds. The summed E-state index contributed by atoms with van der Waals surface area (Å²) in [7, 11) is 0. The molecule has 0 radical (unpaired) electrons. The predicted molar refractivity (Wildman–Crippen MR) is 111 cm³/mol. The van der Waals surface area contributed by atoms with Gasteiger partial charge < -0.3 is 9.64 Å². The molecule has 1 heterocycles. The van der Waals surface area contributed by atoms with Crippen LogP contribution in [0.25, 0.3) is 0 Å². The molecule has 0 unspecified atom stereocenters. The number of hydrogen-bond acceptors (Lipinski definition) is 2. The zero-order chi connectivity index (χ0) is 20.9. The van der Waals surface area contributed by atoms with Gasteiger partial charge in [-0.15, -0.1) is 0 Å². The van der Waals surface area contributed by atoms with Gasteiger partial charge in [-0.1, -0.05) is 29.3 Å². The normalized spacial score (nSPS) is 15.9. The molecule has 0 atom stereocenters. The number of unbranched alkanes of at least 4 members (excludes halogenated alkanes) is 1. The van der Waals surface area contributed by atoms with Crippen LogP contribution in [-0.4, -0.2) is 36.2 Å². The van der Waals surface area contributed by atoms with Crippen molar-refractivity contribution in [2.24, 2.45) is 0 Å². The topological polar surface area (TPSA) is 29.5 Å². The van der Waals surface area contributed by atoms with Crippen molar-refractivity contribution in [2.45, 2.75) is 37.8 Å². The highest BCUT2D eigenvalue weighted by Gasteiger charge is 2.35. The van der Waals surface area contributed by atoms with Crippen LogP contribution in [0.15, 0.2) is 42.5 Å². The van der Waals surface area contributed by atoms with Crippen molar-refractivity contribution >= 4 is 29.1 Å². The third kappa shape index (κ3) is 6.06. The van der Waals surface area contributed by atoms with Crippen molar-refractivity contribution in [3.63, 3.8) is 0 Å². The fraction of sp³-hybridized carbons (Fsp3) is 0.409. The van der Waals surface area contributed by atoms with Crippen LogP contribution in [0, 0.1) is 5.82 Å². The van der Waals surface area contributed by atoms with Crippen LogP contribution in [0.3, 0.4) is 0 Å². The number of benzene rings is 2. The van der Waals surface area contributed by atoms with Gasteiger partial charge in [-0.25, -0.2) is 8.78 Å². The Kier molecular flexibility index (Phi) is 7.36. The number of nitrogens with zero attached hydrogens (tertiary/aromatic N) is 1. The number of likely N-dealkylation sites (tertiary alicyclic amines) is 1. The van der Waals surface area contributed by atoms with E-state index in [1.165, 1.54) is 12.1 Å². The Morgan fingerprint density at radius 1 is 1.07 bits per heavy atom. The van der Waals surface area contributed by atoms with Gasteiger partial charge in [0.15, 0.2) is 0 Å². The Bertz CT molecular complexity index is 854. The van der Waals surface area contributed by atoms with Crippen molar-refractivity contribution in [3.8, 4) is 5.75 Å². The Morgan fingerprint density at radius 3 is 2.52 bits per heavy atom. The number of alkyl halides is 1. The van der Waals surface area contributed by atoms with Gasteiger partial charge in [0.2, 0.25) is 0 Å². The maximum atomic E-state index is 15.1. The SMILES string of the molecule is O=C(c1ccc(Cl)c(Cl)c1)N1CCC(F)(CCCCOc2cccc(F)c2)CC1. The summed E-state index contributed by atoms with van der Waals surface area (Å²) in [5.41, 5.74) is -0.812. The first-order valence-corrected chi connectivity index (χ1v) is 10.4. The first kappa shape index (κ1) is 21.8. The Hall–Kier alpha value is -1.85. The van der Waals surface area contributed by atoms with Crippen LogP contribution in [0.1, 0.15) is 42.5 Å². The third-order valence-electron chi connectivity index (χ3n) is 5.20. The maximum absolute atomic E-state index is 15.1. The van der Waals surface area contributed by atoms with Gasteiger partial charge in [-0.2, -0.15) is 0 Å². The summed E-state index contributed by atoms with van der Waals surface area (Å²) in [4.78, 5) is 14.2. The van der Waals surface area contributed by atoms with E-state index in [9.17, 15) is 9.18 Å². The van der Waals surface area contributed by atoms with Gasteiger partial charge >= 0.3 is 0 Å². The molecule has 0 spiro atoms. The Morgan fingerprint density at radius 2 is 1.83 bits per heavy atom. The van der Waals surface area contributed by atoms with Gasteiger partial charge in [-0.05, 0) is 62.4 Å². The average Bonchev–Trinajstić information content (AvgIpc) is 2.70. The molecule has 3 nitrogen and oxygen atoms in total. The molecule has 3 rings (SSSR count). The molecule has 156 valence electrons. The van der Waals surface area contributed by atoms with Gasteiger partial charge in [0.05, 0.1) is 16.7 Å². The minimum atomic E-state index is -1.27. The minimum absolute atomic E-state index is 0.158. The molecule has 7 heteroatoms. The first-order chi connectivity index (χ1) is 13.9. The summed E-state index contributed by atoms with van der Waals surface area (Å²) in [6, 6.07) is 10.7. The molecular formula is C22H23Cl2F2NO2. The number of carbonyl (C=O) groups is 1. The van der Waals surface area contributed by atoms with Gasteiger partial charge in [-0.3, -0.25) is 4.79 Å². The summed E-state index contributed by atoms with van der Waals surface area (Å²) in [6.07, 6.45) is 2.41. The quantitative estimate of drug-likeness (QED) is 0.470. The monoisotopic (exact) mass is 441 g/mol. The molecule has 1 saturated heterocycles. The lowest BCUT2D eigenvalue weighted by atomic mass is 9.88. The molecule has 1 fully saturated rings. The van der Waals surface area contributed by atoms with Crippen LogP contribution < -0.4 is 4.74 Å². The van der Waals surface area contributed by atoms with E-state index in [0.29, 0.717) is 73.2 Å². The van der Waals surface area contributed by atoms with Crippen molar-refractivity contribution in [2.75, 3.05) is 19.7 Å². The number of rotatable bonds is 7. The van der Waals surface area contributed by atoms with E-state index >= 15 is 4.39 Å². The predicted octanol–water partition coefficient (Wildman–Crippen LogP) is 6.33. The van der Waals surface area contributed by atoms with Crippen molar-refractivity contribution in [3.05, 3.63) is 63.9 Å². The number of carbonyl (C=O) groups excluding carboxylic acids is 1.